The summed E-state index contributed by atoms with van der Waals surface area (Å²) in [6, 6.07) is 3.63. The minimum atomic E-state index is -0.0325. The lowest BCUT2D eigenvalue weighted by Gasteiger charge is -2.07. The molecule has 1 heterocycles. The Labute approximate surface area is 89.9 Å². The Hall–Kier alpha value is -1.29. The van der Waals surface area contributed by atoms with Crippen molar-refractivity contribution in [1.29, 1.82) is 0 Å². The topological polar surface area (TPSA) is 54.3 Å². The number of aliphatic hydroxyl groups excluding tert-OH is 1. The fraction of sp³-hybridized carbons (Fsp3) is 0.545. The Balaban J connectivity index is 2.37. The molecule has 0 radical (unpaired) electrons. The van der Waals surface area contributed by atoms with E-state index in [9.17, 15) is 4.79 Å². The van der Waals surface area contributed by atoms with Gasteiger partial charge in [-0.2, -0.15) is 0 Å². The van der Waals surface area contributed by atoms with Gasteiger partial charge in [0.05, 0.1) is 6.61 Å². The maximum atomic E-state index is 11.4. The highest BCUT2D eigenvalue weighted by molar-refractivity contribution is 5.75. The SMILES string of the molecule is CCCCNC(=O)Cn1cccc1CO. The molecule has 15 heavy (non-hydrogen) atoms. The highest BCUT2D eigenvalue weighted by atomic mass is 16.3. The van der Waals surface area contributed by atoms with Gasteiger partial charge < -0.3 is 15.0 Å². The van der Waals surface area contributed by atoms with E-state index < -0.39 is 0 Å². The van der Waals surface area contributed by atoms with Crippen molar-refractivity contribution >= 4 is 5.91 Å². The summed E-state index contributed by atoms with van der Waals surface area (Å²) in [6.45, 7) is 3.06. The zero-order valence-corrected chi connectivity index (χ0v) is 9.07. The van der Waals surface area contributed by atoms with E-state index in [1.807, 2.05) is 6.07 Å². The Morgan fingerprint density at radius 3 is 3.07 bits per heavy atom. The van der Waals surface area contributed by atoms with E-state index in [4.69, 9.17) is 5.11 Å². The predicted molar refractivity (Wildman–Crippen MR) is 58.3 cm³/mol. The molecular weight excluding hydrogens is 192 g/mol. The number of carbonyl (C=O) groups excluding carboxylic acids is 1. The number of nitrogens with one attached hydrogen (secondary N) is 1. The van der Waals surface area contributed by atoms with E-state index in [-0.39, 0.29) is 19.1 Å². The highest BCUT2D eigenvalue weighted by Gasteiger charge is 2.04. The summed E-state index contributed by atoms with van der Waals surface area (Å²) in [5.74, 6) is -0.00523. The van der Waals surface area contributed by atoms with Crippen LogP contribution in [0.25, 0.3) is 0 Å². The minimum absolute atomic E-state index is 0.00523. The van der Waals surface area contributed by atoms with Crippen molar-refractivity contribution < 1.29 is 9.90 Å². The molecule has 2 N–H and O–H groups in total. The summed E-state index contributed by atoms with van der Waals surface area (Å²) in [6.07, 6.45) is 3.88. The summed E-state index contributed by atoms with van der Waals surface area (Å²) < 4.78 is 1.75. The number of amides is 1. The Morgan fingerprint density at radius 1 is 1.60 bits per heavy atom. The van der Waals surface area contributed by atoms with Crippen LogP contribution in [-0.2, 0) is 17.9 Å². The van der Waals surface area contributed by atoms with Crippen LogP contribution in [0.3, 0.4) is 0 Å². The molecule has 1 rings (SSSR count). The van der Waals surface area contributed by atoms with Gasteiger partial charge in [-0.25, -0.2) is 0 Å². The standard InChI is InChI=1S/C11H18N2O2/c1-2-3-6-12-11(15)8-13-7-4-5-10(13)9-14/h4-5,7,14H,2-3,6,8-9H2,1H3,(H,12,15). The predicted octanol–water partition coefficient (Wildman–Crippen LogP) is 0.897. The van der Waals surface area contributed by atoms with E-state index in [2.05, 4.69) is 12.2 Å². The minimum Gasteiger partial charge on any atom is -0.390 e. The monoisotopic (exact) mass is 210 g/mol. The second kappa shape index (κ2) is 6.24. The number of aliphatic hydroxyl groups is 1. The quantitative estimate of drug-likeness (QED) is 0.685. The second-order valence-electron chi connectivity index (χ2n) is 3.49. The Morgan fingerprint density at radius 2 is 2.40 bits per heavy atom. The van der Waals surface area contributed by atoms with Crippen LogP contribution in [0, 0.1) is 0 Å². The van der Waals surface area contributed by atoms with Crippen LogP contribution in [0.2, 0.25) is 0 Å². The normalized spacial score (nSPS) is 10.3. The molecule has 84 valence electrons. The molecule has 0 saturated carbocycles. The lowest BCUT2D eigenvalue weighted by atomic mass is 10.3. The van der Waals surface area contributed by atoms with Gasteiger partial charge in [0.15, 0.2) is 0 Å². The summed E-state index contributed by atoms with van der Waals surface area (Å²) >= 11 is 0. The number of nitrogens with zero attached hydrogens (tertiary/aromatic N) is 1. The summed E-state index contributed by atoms with van der Waals surface area (Å²) in [5.41, 5.74) is 0.764. The number of hydrogen-bond acceptors (Lipinski definition) is 2. The third-order valence-electron chi connectivity index (χ3n) is 2.25. The molecule has 1 amide bonds. The van der Waals surface area contributed by atoms with Crippen molar-refractivity contribution in [3.63, 3.8) is 0 Å². The van der Waals surface area contributed by atoms with Gasteiger partial charge in [-0.1, -0.05) is 13.3 Å². The van der Waals surface area contributed by atoms with E-state index in [0.717, 1.165) is 25.1 Å². The molecule has 0 spiro atoms. The van der Waals surface area contributed by atoms with E-state index in [1.165, 1.54) is 0 Å². The van der Waals surface area contributed by atoms with Crippen molar-refractivity contribution in [3.05, 3.63) is 24.0 Å². The van der Waals surface area contributed by atoms with Crippen molar-refractivity contribution in [1.82, 2.24) is 9.88 Å². The van der Waals surface area contributed by atoms with Crippen LogP contribution < -0.4 is 5.32 Å². The molecular formula is C11H18N2O2. The van der Waals surface area contributed by atoms with E-state index >= 15 is 0 Å². The molecule has 0 unspecified atom stereocenters. The zero-order chi connectivity index (χ0) is 11.1. The summed E-state index contributed by atoms with van der Waals surface area (Å²) in [4.78, 5) is 11.4. The third-order valence-corrected chi connectivity index (χ3v) is 2.25. The average molecular weight is 210 g/mol. The molecule has 0 aliphatic heterocycles. The third kappa shape index (κ3) is 3.75. The fourth-order valence-electron chi connectivity index (χ4n) is 1.36. The van der Waals surface area contributed by atoms with Crippen LogP contribution in [0.15, 0.2) is 18.3 Å². The van der Waals surface area contributed by atoms with Gasteiger partial charge in [-0.05, 0) is 18.6 Å². The molecule has 1 aromatic rings. The second-order valence-corrected chi connectivity index (χ2v) is 3.49. The molecule has 0 aromatic carbocycles. The molecule has 0 aliphatic rings. The van der Waals surface area contributed by atoms with Gasteiger partial charge in [0, 0.05) is 18.4 Å². The molecule has 0 fully saturated rings. The van der Waals surface area contributed by atoms with Crippen LogP contribution in [0.1, 0.15) is 25.5 Å². The first-order chi connectivity index (χ1) is 7.27. The first kappa shape index (κ1) is 11.8. The fourth-order valence-corrected chi connectivity index (χ4v) is 1.36. The number of carbonyl (C=O) groups is 1. The van der Waals surface area contributed by atoms with Gasteiger partial charge >= 0.3 is 0 Å². The number of rotatable bonds is 6. The van der Waals surface area contributed by atoms with Crippen molar-refractivity contribution in [2.75, 3.05) is 6.54 Å². The molecule has 4 heteroatoms. The molecule has 0 aliphatic carbocycles. The number of unbranched alkanes of at least 4 members (excludes halogenated alkanes) is 1. The average Bonchev–Trinajstić information content (AvgIpc) is 2.65. The zero-order valence-electron chi connectivity index (χ0n) is 9.07. The van der Waals surface area contributed by atoms with Gasteiger partial charge in [0.1, 0.15) is 6.54 Å². The smallest absolute Gasteiger partial charge is 0.239 e. The first-order valence-electron chi connectivity index (χ1n) is 5.29. The number of hydrogen-bond donors (Lipinski definition) is 2. The van der Waals surface area contributed by atoms with Crippen LogP contribution >= 0.6 is 0 Å². The molecule has 0 bridgehead atoms. The van der Waals surface area contributed by atoms with Gasteiger partial charge in [-0.15, -0.1) is 0 Å². The van der Waals surface area contributed by atoms with Crippen LogP contribution in [0.5, 0.6) is 0 Å². The number of aromatic nitrogens is 1. The lowest BCUT2D eigenvalue weighted by Crippen LogP contribution is -2.28. The maximum absolute atomic E-state index is 11.4. The largest absolute Gasteiger partial charge is 0.390 e. The molecule has 0 saturated heterocycles. The Bertz CT molecular complexity index is 307. The van der Waals surface area contributed by atoms with E-state index in [1.54, 1.807) is 16.8 Å². The van der Waals surface area contributed by atoms with Gasteiger partial charge in [0.2, 0.25) is 5.91 Å². The maximum Gasteiger partial charge on any atom is 0.239 e. The summed E-state index contributed by atoms with van der Waals surface area (Å²) in [5, 5.41) is 11.8. The Kier molecular flexibility index (Phi) is 4.90. The summed E-state index contributed by atoms with van der Waals surface area (Å²) in [7, 11) is 0. The van der Waals surface area contributed by atoms with E-state index in [0.29, 0.717) is 0 Å². The van der Waals surface area contributed by atoms with Crippen molar-refractivity contribution in [2.45, 2.75) is 32.9 Å². The first-order valence-corrected chi connectivity index (χ1v) is 5.29. The van der Waals surface area contributed by atoms with Crippen molar-refractivity contribution in [2.24, 2.45) is 0 Å². The van der Waals surface area contributed by atoms with Crippen molar-refractivity contribution in [3.8, 4) is 0 Å². The highest BCUT2D eigenvalue weighted by Crippen LogP contribution is 2.01. The molecule has 0 atom stereocenters. The van der Waals surface area contributed by atoms with Crippen LogP contribution in [0.4, 0.5) is 0 Å². The molecule has 1 aromatic heterocycles. The molecule has 4 nitrogen and oxygen atoms in total. The van der Waals surface area contributed by atoms with Gasteiger partial charge in [-0.3, -0.25) is 4.79 Å². The lowest BCUT2D eigenvalue weighted by molar-refractivity contribution is -0.121. The van der Waals surface area contributed by atoms with Gasteiger partial charge in [0.25, 0.3) is 0 Å². The van der Waals surface area contributed by atoms with Crippen LogP contribution in [-0.4, -0.2) is 22.1 Å².